The molecule has 2 aliphatic rings. The van der Waals surface area contributed by atoms with Crippen molar-refractivity contribution in [3.05, 3.63) is 0 Å². The summed E-state index contributed by atoms with van der Waals surface area (Å²) in [6, 6.07) is 0. The molecule has 0 N–H and O–H groups in total. The van der Waals surface area contributed by atoms with Gasteiger partial charge in [0.15, 0.2) is 0 Å². The smallest absolute Gasteiger partial charge is 0.136 e. The second kappa shape index (κ2) is 5.78. The third kappa shape index (κ3) is 3.05. The molecule has 3 nitrogen and oxygen atoms in total. The Morgan fingerprint density at radius 2 is 2.00 bits per heavy atom. The fraction of sp³-hybridized carbons (Fsp3) is 0.923. The number of rotatable bonds is 5. The normalized spacial score (nSPS) is 31.1. The van der Waals surface area contributed by atoms with Crippen LogP contribution >= 0.6 is 0 Å². The van der Waals surface area contributed by atoms with Crippen LogP contribution in [0.2, 0.25) is 0 Å². The summed E-state index contributed by atoms with van der Waals surface area (Å²) in [6.45, 7) is 4.36. The van der Waals surface area contributed by atoms with Gasteiger partial charge >= 0.3 is 0 Å². The van der Waals surface area contributed by atoms with E-state index in [9.17, 15) is 4.79 Å². The Hall–Kier alpha value is -0.410. The third-order valence-electron chi connectivity index (χ3n) is 3.76. The van der Waals surface area contributed by atoms with Gasteiger partial charge in [-0.05, 0) is 38.5 Å². The monoisotopic (exact) mass is 226 g/mol. The van der Waals surface area contributed by atoms with Crippen LogP contribution < -0.4 is 0 Å². The maximum Gasteiger partial charge on any atom is 0.136 e. The Bertz CT molecular complexity index is 227. The van der Waals surface area contributed by atoms with E-state index in [1.165, 1.54) is 0 Å². The summed E-state index contributed by atoms with van der Waals surface area (Å²) in [5.74, 6) is 1.33. The van der Waals surface area contributed by atoms with Crippen molar-refractivity contribution in [2.45, 2.75) is 45.1 Å². The average molecular weight is 226 g/mol. The predicted octanol–water partition coefficient (Wildman–Crippen LogP) is 2.19. The Balaban J connectivity index is 1.64. The van der Waals surface area contributed by atoms with Crippen LogP contribution in [0.4, 0.5) is 0 Å². The molecule has 3 heteroatoms. The number of hydrogen-bond donors (Lipinski definition) is 0. The van der Waals surface area contributed by atoms with Gasteiger partial charge in [0, 0.05) is 32.2 Å². The van der Waals surface area contributed by atoms with Crippen molar-refractivity contribution in [3.63, 3.8) is 0 Å². The molecule has 1 saturated heterocycles. The van der Waals surface area contributed by atoms with Crippen molar-refractivity contribution in [2.24, 2.45) is 11.8 Å². The van der Waals surface area contributed by atoms with Crippen molar-refractivity contribution >= 4 is 5.78 Å². The quantitative estimate of drug-likeness (QED) is 0.721. The maximum atomic E-state index is 12.0. The van der Waals surface area contributed by atoms with Gasteiger partial charge in [-0.25, -0.2) is 0 Å². The van der Waals surface area contributed by atoms with Gasteiger partial charge in [-0.2, -0.15) is 0 Å². The molecule has 0 amide bonds. The van der Waals surface area contributed by atoms with Gasteiger partial charge in [0.1, 0.15) is 5.78 Å². The topological polar surface area (TPSA) is 35.5 Å². The van der Waals surface area contributed by atoms with E-state index in [0.717, 1.165) is 51.9 Å². The molecule has 0 radical (unpaired) electrons. The lowest BCUT2D eigenvalue weighted by Crippen LogP contribution is -2.34. The van der Waals surface area contributed by atoms with Crippen LogP contribution in [-0.2, 0) is 14.3 Å². The summed E-state index contributed by atoms with van der Waals surface area (Å²) in [6.07, 6.45) is 5.23. The number of ketones is 1. The molecule has 1 aliphatic carbocycles. The Labute approximate surface area is 97.5 Å². The van der Waals surface area contributed by atoms with Crippen LogP contribution in [0.5, 0.6) is 0 Å². The molecule has 1 aliphatic heterocycles. The molecule has 0 bridgehead atoms. The number of ether oxygens (including phenoxy) is 2. The summed E-state index contributed by atoms with van der Waals surface area (Å²) in [5, 5.41) is 0. The Kier molecular flexibility index (Phi) is 4.36. The highest BCUT2D eigenvalue weighted by molar-refractivity contribution is 5.81. The van der Waals surface area contributed by atoms with Crippen LogP contribution in [0.1, 0.15) is 39.0 Å². The maximum absolute atomic E-state index is 12.0. The molecule has 1 heterocycles. The first-order valence-electron chi connectivity index (χ1n) is 6.51. The van der Waals surface area contributed by atoms with Gasteiger partial charge in [0.2, 0.25) is 0 Å². The van der Waals surface area contributed by atoms with E-state index in [2.05, 4.69) is 0 Å². The van der Waals surface area contributed by atoms with Crippen molar-refractivity contribution in [2.75, 3.05) is 19.8 Å². The van der Waals surface area contributed by atoms with Crippen LogP contribution in [0.15, 0.2) is 0 Å². The van der Waals surface area contributed by atoms with E-state index in [1.54, 1.807) is 0 Å². The molecule has 0 aromatic carbocycles. The molecule has 2 fully saturated rings. The lowest BCUT2D eigenvalue weighted by molar-refractivity contribution is -0.128. The van der Waals surface area contributed by atoms with Crippen molar-refractivity contribution in [3.8, 4) is 0 Å². The lowest BCUT2D eigenvalue weighted by Gasteiger charge is -2.35. The Morgan fingerprint density at radius 3 is 2.62 bits per heavy atom. The van der Waals surface area contributed by atoms with E-state index in [0.29, 0.717) is 17.8 Å². The molecule has 1 saturated carbocycles. The highest BCUT2D eigenvalue weighted by Crippen LogP contribution is 2.34. The average Bonchev–Trinajstić information content (AvgIpc) is 2.27. The summed E-state index contributed by atoms with van der Waals surface area (Å²) < 4.78 is 10.8. The minimum absolute atomic E-state index is 0.278. The molecule has 0 aromatic heterocycles. The molecule has 0 atom stereocenters. The van der Waals surface area contributed by atoms with E-state index < -0.39 is 0 Å². The molecule has 0 unspecified atom stereocenters. The second-order valence-corrected chi connectivity index (χ2v) is 4.97. The molecular formula is C13H22O3. The van der Waals surface area contributed by atoms with E-state index in [4.69, 9.17) is 9.47 Å². The number of Topliss-reactive ketones (excluding diaryl/α,β-unsaturated/α-hetero) is 1. The number of carbonyl (C=O) groups excluding carboxylic acids is 1. The molecule has 0 aromatic rings. The van der Waals surface area contributed by atoms with Gasteiger partial charge in [-0.3, -0.25) is 4.79 Å². The lowest BCUT2D eigenvalue weighted by atomic mass is 9.76. The van der Waals surface area contributed by atoms with Crippen LogP contribution in [0, 0.1) is 11.8 Å². The van der Waals surface area contributed by atoms with Crippen molar-refractivity contribution in [1.82, 2.24) is 0 Å². The first kappa shape index (κ1) is 12.1. The zero-order chi connectivity index (χ0) is 11.4. The largest absolute Gasteiger partial charge is 0.381 e. The van der Waals surface area contributed by atoms with E-state index in [-0.39, 0.29) is 5.92 Å². The summed E-state index contributed by atoms with van der Waals surface area (Å²) in [7, 11) is 0. The minimum Gasteiger partial charge on any atom is -0.381 e. The standard InChI is InChI=1S/C13H22O3/c1-2-16-12-7-10(8-12)9-13(14)11-3-5-15-6-4-11/h10-12H,2-9H2,1H3. The van der Waals surface area contributed by atoms with Gasteiger partial charge in [-0.1, -0.05) is 0 Å². The highest BCUT2D eigenvalue weighted by Gasteiger charge is 2.33. The van der Waals surface area contributed by atoms with E-state index in [1.807, 2.05) is 6.92 Å². The predicted molar refractivity (Wildman–Crippen MR) is 61.3 cm³/mol. The number of carbonyl (C=O) groups is 1. The fourth-order valence-electron chi connectivity index (χ4n) is 2.68. The number of hydrogen-bond acceptors (Lipinski definition) is 3. The highest BCUT2D eigenvalue weighted by atomic mass is 16.5. The van der Waals surface area contributed by atoms with Gasteiger partial charge in [0.25, 0.3) is 0 Å². The minimum atomic E-state index is 0.278. The van der Waals surface area contributed by atoms with Crippen LogP contribution in [0.25, 0.3) is 0 Å². The molecule has 92 valence electrons. The molecule has 0 spiro atoms. The zero-order valence-electron chi connectivity index (χ0n) is 10.1. The van der Waals surface area contributed by atoms with Gasteiger partial charge in [0.05, 0.1) is 6.10 Å². The summed E-state index contributed by atoms with van der Waals surface area (Å²) in [5.41, 5.74) is 0. The van der Waals surface area contributed by atoms with Gasteiger partial charge < -0.3 is 9.47 Å². The SMILES string of the molecule is CCOC1CC(CC(=O)C2CCOCC2)C1. The van der Waals surface area contributed by atoms with Gasteiger partial charge in [-0.15, -0.1) is 0 Å². The Morgan fingerprint density at radius 1 is 1.31 bits per heavy atom. The van der Waals surface area contributed by atoms with Crippen LogP contribution in [0.3, 0.4) is 0 Å². The second-order valence-electron chi connectivity index (χ2n) is 4.97. The molecule has 2 rings (SSSR count). The van der Waals surface area contributed by atoms with Crippen molar-refractivity contribution < 1.29 is 14.3 Å². The molecular weight excluding hydrogens is 204 g/mol. The van der Waals surface area contributed by atoms with Crippen LogP contribution in [-0.4, -0.2) is 31.7 Å². The molecule has 16 heavy (non-hydrogen) atoms. The first-order chi connectivity index (χ1) is 7.79. The first-order valence-corrected chi connectivity index (χ1v) is 6.51. The summed E-state index contributed by atoms with van der Waals surface area (Å²) >= 11 is 0. The van der Waals surface area contributed by atoms with Crippen molar-refractivity contribution in [1.29, 1.82) is 0 Å². The third-order valence-corrected chi connectivity index (χ3v) is 3.76. The van der Waals surface area contributed by atoms with E-state index >= 15 is 0 Å². The zero-order valence-corrected chi connectivity index (χ0v) is 10.1. The summed E-state index contributed by atoms with van der Waals surface area (Å²) in [4.78, 5) is 12.0. The fourth-order valence-corrected chi connectivity index (χ4v) is 2.68.